The van der Waals surface area contributed by atoms with Crippen molar-refractivity contribution in [2.24, 2.45) is 0 Å². The molecule has 0 atom stereocenters. The quantitative estimate of drug-likeness (QED) is 0.816. The van der Waals surface area contributed by atoms with Gasteiger partial charge in [-0.3, -0.25) is 0 Å². The molecule has 1 aliphatic carbocycles. The van der Waals surface area contributed by atoms with Crippen LogP contribution in [0, 0.1) is 13.8 Å². The van der Waals surface area contributed by atoms with Crippen LogP contribution in [-0.2, 0) is 6.42 Å². The maximum absolute atomic E-state index is 4.61. The Morgan fingerprint density at radius 2 is 2.20 bits per heavy atom. The molecular formula is C15H21N5. The molecule has 1 fully saturated rings. The summed E-state index contributed by atoms with van der Waals surface area (Å²) < 4.78 is 1.92. The van der Waals surface area contributed by atoms with Crippen molar-refractivity contribution in [1.29, 1.82) is 0 Å². The predicted molar refractivity (Wildman–Crippen MR) is 78.0 cm³/mol. The van der Waals surface area contributed by atoms with Crippen molar-refractivity contribution in [3.8, 4) is 5.82 Å². The van der Waals surface area contributed by atoms with Crippen LogP contribution >= 0.6 is 0 Å². The highest BCUT2D eigenvalue weighted by atomic mass is 15.3. The number of aromatic nitrogens is 4. The Bertz CT molecular complexity index is 571. The van der Waals surface area contributed by atoms with Crippen molar-refractivity contribution in [1.82, 2.24) is 25.1 Å². The summed E-state index contributed by atoms with van der Waals surface area (Å²) in [5, 5.41) is 8.17. The van der Waals surface area contributed by atoms with Crippen LogP contribution in [0.3, 0.4) is 0 Å². The van der Waals surface area contributed by atoms with E-state index in [-0.39, 0.29) is 0 Å². The standard InChI is InChI=1S/C15H21N5/c1-11-14(4-3-8-17-13-5-6-13)12(2)20(19-11)15-7-9-16-10-18-15/h7,9-10,13,17H,3-6,8H2,1-2H3. The minimum atomic E-state index is 0.793. The van der Waals surface area contributed by atoms with E-state index in [0.717, 1.165) is 36.9 Å². The molecule has 0 radical (unpaired) electrons. The fourth-order valence-corrected chi connectivity index (χ4v) is 2.53. The Labute approximate surface area is 119 Å². The van der Waals surface area contributed by atoms with E-state index in [9.17, 15) is 0 Å². The number of hydrogen-bond acceptors (Lipinski definition) is 4. The van der Waals surface area contributed by atoms with Crippen LogP contribution in [0.15, 0.2) is 18.6 Å². The van der Waals surface area contributed by atoms with Crippen LogP contribution in [0.1, 0.15) is 36.2 Å². The molecule has 0 unspecified atom stereocenters. The molecule has 106 valence electrons. The van der Waals surface area contributed by atoms with Crippen molar-refractivity contribution < 1.29 is 0 Å². The van der Waals surface area contributed by atoms with Crippen molar-refractivity contribution >= 4 is 0 Å². The highest BCUT2D eigenvalue weighted by molar-refractivity contribution is 5.31. The third-order valence-corrected chi connectivity index (χ3v) is 3.84. The number of nitrogens with one attached hydrogen (secondary N) is 1. The van der Waals surface area contributed by atoms with Crippen molar-refractivity contribution in [2.45, 2.75) is 45.6 Å². The number of nitrogens with zero attached hydrogens (tertiary/aromatic N) is 4. The molecule has 3 rings (SSSR count). The SMILES string of the molecule is Cc1nn(-c2ccncn2)c(C)c1CCCNC1CC1. The maximum Gasteiger partial charge on any atom is 0.156 e. The molecule has 0 aromatic carbocycles. The normalized spacial score (nSPS) is 14.7. The van der Waals surface area contributed by atoms with E-state index in [4.69, 9.17) is 0 Å². The van der Waals surface area contributed by atoms with Gasteiger partial charge in [-0.25, -0.2) is 14.6 Å². The van der Waals surface area contributed by atoms with Gasteiger partial charge < -0.3 is 5.32 Å². The smallest absolute Gasteiger partial charge is 0.156 e. The Hall–Kier alpha value is -1.75. The molecule has 5 nitrogen and oxygen atoms in total. The highest BCUT2D eigenvalue weighted by Crippen LogP contribution is 2.20. The molecule has 0 amide bonds. The molecule has 1 aliphatic rings. The summed E-state index contributed by atoms with van der Waals surface area (Å²) in [4.78, 5) is 8.22. The topological polar surface area (TPSA) is 55.6 Å². The van der Waals surface area contributed by atoms with Gasteiger partial charge in [-0.1, -0.05) is 0 Å². The molecular weight excluding hydrogens is 250 g/mol. The van der Waals surface area contributed by atoms with Crippen LogP contribution in [0.4, 0.5) is 0 Å². The van der Waals surface area contributed by atoms with Gasteiger partial charge in [0.2, 0.25) is 0 Å². The van der Waals surface area contributed by atoms with Gasteiger partial charge in [-0.15, -0.1) is 0 Å². The van der Waals surface area contributed by atoms with Crippen molar-refractivity contribution in [3.63, 3.8) is 0 Å². The summed E-state index contributed by atoms with van der Waals surface area (Å²) in [7, 11) is 0. The van der Waals surface area contributed by atoms with Gasteiger partial charge in [0, 0.05) is 24.0 Å². The van der Waals surface area contributed by atoms with Crippen LogP contribution in [0.5, 0.6) is 0 Å². The van der Waals surface area contributed by atoms with Gasteiger partial charge in [-0.05, 0) is 51.6 Å². The lowest BCUT2D eigenvalue weighted by Gasteiger charge is -2.05. The summed E-state index contributed by atoms with van der Waals surface area (Å²) in [6, 6.07) is 2.68. The lowest BCUT2D eigenvalue weighted by Crippen LogP contribution is -2.18. The molecule has 2 heterocycles. The number of aryl methyl sites for hydroxylation is 1. The largest absolute Gasteiger partial charge is 0.314 e. The highest BCUT2D eigenvalue weighted by Gasteiger charge is 2.20. The second-order valence-electron chi connectivity index (χ2n) is 5.46. The first-order chi connectivity index (χ1) is 9.75. The Morgan fingerprint density at radius 3 is 2.90 bits per heavy atom. The second-order valence-corrected chi connectivity index (χ2v) is 5.46. The monoisotopic (exact) mass is 271 g/mol. The first kappa shape index (κ1) is 13.2. The van der Waals surface area contributed by atoms with Gasteiger partial charge in [0.1, 0.15) is 6.33 Å². The third kappa shape index (κ3) is 2.88. The molecule has 0 aliphatic heterocycles. The molecule has 0 bridgehead atoms. The molecule has 1 N–H and O–H groups in total. The van der Waals surface area contributed by atoms with E-state index in [1.807, 2.05) is 10.7 Å². The van der Waals surface area contributed by atoms with Crippen molar-refractivity contribution in [2.75, 3.05) is 6.54 Å². The van der Waals surface area contributed by atoms with Gasteiger partial charge in [0.15, 0.2) is 5.82 Å². The molecule has 2 aromatic rings. The van der Waals surface area contributed by atoms with Gasteiger partial charge in [0.05, 0.1) is 5.69 Å². The van der Waals surface area contributed by atoms with Gasteiger partial charge in [0.25, 0.3) is 0 Å². The Balaban J connectivity index is 1.69. The zero-order valence-electron chi connectivity index (χ0n) is 12.1. The number of rotatable bonds is 6. The summed E-state index contributed by atoms with van der Waals surface area (Å²) in [6.45, 7) is 5.29. The molecule has 0 spiro atoms. The van der Waals surface area contributed by atoms with Crippen LogP contribution in [0.2, 0.25) is 0 Å². The minimum Gasteiger partial charge on any atom is -0.314 e. The summed E-state index contributed by atoms with van der Waals surface area (Å²) in [5.41, 5.74) is 3.64. The van der Waals surface area contributed by atoms with Crippen LogP contribution in [-0.4, -0.2) is 32.3 Å². The van der Waals surface area contributed by atoms with Crippen molar-refractivity contribution in [3.05, 3.63) is 35.5 Å². The van der Waals surface area contributed by atoms with E-state index < -0.39 is 0 Å². The Morgan fingerprint density at radius 1 is 1.35 bits per heavy atom. The molecule has 5 heteroatoms. The molecule has 20 heavy (non-hydrogen) atoms. The second kappa shape index (κ2) is 5.71. The zero-order chi connectivity index (χ0) is 13.9. The third-order valence-electron chi connectivity index (χ3n) is 3.84. The maximum atomic E-state index is 4.61. The average molecular weight is 271 g/mol. The first-order valence-electron chi connectivity index (χ1n) is 7.30. The van der Waals surface area contributed by atoms with Crippen LogP contribution in [0.25, 0.3) is 5.82 Å². The number of hydrogen-bond donors (Lipinski definition) is 1. The van der Waals surface area contributed by atoms with Gasteiger partial charge in [-0.2, -0.15) is 5.10 Å². The van der Waals surface area contributed by atoms with E-state index in [0.29, 0.717) is 0 Å². The van der Waals surface area contributed by atoms with E-state index in [1.165, 1.54) is 24.1 Å². The Kier molecular flexibility index (Phi) is 3.78. The minimum absolute atomic E-state index is 0.793. The first-order valence-corrected chi connectivity index (χ1v) is 7.30. The average Bonchev–Trinajstić information content (AvgIpc) is 3.24. The van der Waals surface area contributed by atoms with Crippen LogP contribution < -0.4 is 5.32 Å². The lowest BCUT2D eigenvalue weighted by atomic mass is 10.1. The summed E-state index contributed by atoms with van der Waals surface area (Å²) in [6.07, 6.45) is 8.24. The van der Waals surface area contributed by atoms with E-state index in [1.54, 1.807) is 12.5 Å². The molecule has 1 saturated carbocycles. The fraction of sp³-hybridized carbons (Fsp3) is 0.533. The van der Waals surface area contributed by atoms with E-state index in [2.05, 4.69) is 34.2 Å². The zero-order valence-corrected chi connectivity index (χ0v) is 12.1. The molecule has 2 aromatic heterocycles. The van der Waals surface area contributed by atoms with Gasteiger partial charge >= 0.3 is 0 Å². The lowest BCUT2D eigenvalue weighted by molar-refractivity contribution is 0.644. The predicted octanol–water partition coefficient (Wildman–Crippen LogP) is 1.96. The fourth-order valence-electron chi connectivity index (χ4n) is 2.53. The molecule has 0 saturated heterocycles. The summed E-state index contributed by atoms with van der Waals surface area (Å²) >= 11 is 0. The summed E-state index contributed by atoms with van der Waals surface area (Å²) in [5.74, 6) is 0.836. The van der Waals surface area contributed by atoms with E-state index >= 15 is 0 Å².